The summed E-state index contributed by atoms with van der Waals surface area (Å²) in [5, 5.41) is 8.00. The molecule has 1 aliphatic heterocycles. The van der Waals surface area contributed by atoms with E-state index >= 15 is 0 Å². The SMILES string of the molecule is [NH3+][C@H](C(=O)N1CCc2c(cnc3[nH]ncc23)C1)c1ccccc1. The number of aromatic amines is 1. The van der Waals surface area contributed by atoms with Crippen LogP contribution >= 0.6 is 0 Å². The first-order valence-corrected chi connectivity index (χ1v) is 7.70. The summed E-state index contributed by atoms with van der Waals surface area (Å²) < 4.78 is 0. The van der Waals surface area contributed by atoms with Gasteiger partial charge in [0.15, 0.2) is 11.7 Å². The van der Waals surface area contributed by atoms with Crippen LogP contribution < -0.4 is 5.73 Å². The number of nitrogens with one attached hydrogen (secondary N) is 1. The van der Waals surface area contributed by atoms with Gasteiger partial charge in [0.25, 0.3) is 5.91 Å². The highest BCUT2D eigenvalue weighted by Gasteiger charge is 2.29. The number of benzene rings is 1. The Morgan fingerprint density at radius 2 is 2.09 bits per heavy atom. The van der Waals surface area contributed by atoms with E-state index in [9.17, 15) is 4.79 Å². The van der Waals surface area contributed by atoms with Crippen molar-refractivity contribution in [1.29, 1.82) is 0 Å². The van der Waals surface area contributed by atoms with Gasteiger partial charge in [-0.1, -0.05) is 30.3 Å². The van der Waals surface area contributed by atoms with Gasteiger partial charge in [-0.05, 0) is 17.5 Å². The van der Waals surface area contributed by atoms with E-state index in [0.717, 1.165) is 28.6 Å². The number of aromatic nitrogens is 3. The van der Waals surface area contributed by atoms with Crippen molar-refractivity contribution in [3.63, 3.8) is 0 Å². The molecule has 0 fully saturated rings. The molecule has 1 amide bonds. The Balaban J connectivity index is 1.59. The molecule has 0 aliphatic carbocycles. The quantitative estimate of drug-likeness (QED) is 0.734. The fourth-order valence-corrected chi connectivity index (χ4v) is 3.19. The normalized spacial score (nSPS) is 15.4. The highest BCUT2D eigenvalue weighted by Crippen LogP contribution is 2.26. The van der Waals surface area contributed by atoms with Gasteiger partial charge in [0, 0.05) is 30.2 Å². The van der Waals surface area contributed by atoms with E-state index in [1.54, 1.807) is 0 Å². The number of fused-ring (bicyclic) bond motifs is 3. The van der Waals surface area contributed by atoms with Crippen LogP contribution in [0.15, 0.2) is 42.7 Å². The van der Waals surface area contributed by atoms with Gasteiger partial charge in [-0.3, -0.25) is 9.89 Å². The molecule has 6 nitrogen and oxygen atoms in total. The number of carbonyl (C=O) groups excluding carboxylic acids is 1. The van der Waals surface area contributed by atoms with Gasteiger partial charge in [0.05, 0.1) is 6.20 Å². The first-order valence-electron chi connectivity index (χ1n) is 7.70. The zero-order valence-electron chi connectivity index (χ0n) is 12.7. The number of pyridine rings is 1. The number of carbonyl (C=O) groups is 1. The zero-order chi connectivity index (χ0) is 15.8. The van der Waals surface area contributed by atoms with Crippen LogP contribution in [0.2, 0.25) is 0 Å². The van der Waals surface area contributed by atoms with Crippen LogP contribution in [-0.2, 0) is 17.8 Å². The van der Waals surface area contributed by atoms with Crippen LogP contribution in [0.5, 0.6) is 0 Å². The predicted molar refractivity (Wildman–Crippen MR) is 85.1 cm³/mol. The van der Waals surface area contributed by atoms with Crippen LogP contribution in [0, 0.1) is 0 Å². The van der Waals surface area contributed by atoms with E-state index in [2.05, 4.69) is 20.9 Å². The van der Waals surface area contributed by atoms with Crippen molar-refractivity contribution in [2.75, 3.05) is 6.54 Å². The van der Waals surface area contributed by atoms with E-state index in [4.69, 9.17) is 0 Å². The molecular weight excluding hydrogens is 290 g/mol. The Bertz CT molecular complexity index is 858. The number of H-pyrrole nitrogens is 1. The second kappa shape index (κ2) is 5.48. The molecule has 0 spiro atoms. The molecule has 0 unspecified atom stereocenters. The Morgan fingerprint density at radius 3 is 2.91 bits per heavy atom. The maximum Gasteiger partial charge on any atom is 0.285 e. The van der Waals surface area contributed by atoms with E-state index in [-0.39, 0.29) is 11.9 Å². The van der Waals surface area contributed by atoms with E-state index in [1.807, 2.05) is 47.6 Å². The van der Waals surface area contributed by atoms with E-state index < -0.39 is 0 Å². The number of hydrogen-bond acceptors (Lipinski definition) is 3. The fraction of sp³-hybridized carbons (Fsp3) is 0.235. The molecular formula is C17H18N5O+. The third-order valence-corrected chi connectivity index (χ3v) is 4.49. The van der Waals surface area contributed by atoms with Crippen LogP contribution in [0.3, 0.4) is 0 Å². The Morgan fingerprint density at radius 1 is 1.26 bits per heavy atom. The topological polar surface area (TPSA) is 89.5 Å². The van der Waals surface area contributed by atoms with Crippen molar-refractivity contribution < 1.29 is 10.5 Å². The molecule has 4 N–H and O–H groups in total. The minimum absolute atomic E-state index is 0.0640. The van der Waals surface area contributed by atoms with Crippen molar-refractivity contribution in [2.45, 2.75) is 19.0 Å². The minimum Gasteiger partial charge on any atom is -0.343 e. The average Bonchev–Trinajstić information content (AvgIpc) is 3.10. The lowest BCUT2D eigenvalue weighted by Crippen LogP contribution is -2.61. The third kappa shape index (κ3) is 2.37. The largest absolute Gasteiger partial charge is 0.343 e. The van der Waals surface area contributed by atoms with Gasteiger partial charge in [-0.2, -0.15) is 5.10 Å². The number of quaternary nitrogens is 1. The first-order chi connectivity index (χ1) is 11.2. The Labute approximate surface area is 133 Å². The van der Waals surface area contributed by atoms with Crippen molar-refractivity contribution in [3.05, 3.63) is 59.4 Å². The third-order valence-electron chi connectivity index (χ3n) is 4.49. The second-order valence-corrected chi connectivity index (χ2v) is 5.87. The zero-order valence-corrected chi connectivity index (χ0v) is 12.7. The minimum atomic E-state index is -0.372. The van der Waals surface area contributed by atoms with Gasteiger partial charge in [-0.25, -0.2) is 4.98 Å². The molecule has 1 atom stereocenters. The molecule has 6 heteroatoms. The summed E-state index contributed by atoms with van der Waals surface area (Å²) in [6, 6.07) is 9.34. The highest BCUT2D eigenvalue weighted by molar-refractivity contribution is 5.83. The smallest absolute Gasteiger partial charge is 0.285 e. The van der Waals surface area contributed by atoms with Crippen molar-refractivity contribution in [3.8, 4) is 0 Å². The summed E-state index contributed by atoms with van der Waals surface area (Å²) in [4.78, 5) is 19.0. The summed E-state index contributed by atoms with van der Waals surface area (Å²) in [6.07, 6.45) is 4.48. The van der Waals surface area contributed by atoms with Crippen LogP contribution in [0.25, 0.3) is 11.0 Å². The maximum atomic E-state index is 12.7. The van der Waals surface area contributed by atoms with Crippen LogP contribution in [-0.4, -0.2) is 32.5 Å². The standard InChI is InChI=1S/C17H17N5O/c18-15(11-4-2-1-3-5-11)17(23)22-7-6-13-12(10-22)8-19-16-14(13)9-20-21-16/h1-5,8-9,15H,6-7,10,18H2,(H,19,20,21)/p+1/t15-/m0/s1. The fourth-order valence-electron chi connectivity index (χ4n) is 3.19. The predicted octanol–water partition coefficient (Wildman–Crippen LogP) is 0.826. The number of amides is 1. The highest BCUT2D eigenvalue weighted by atomic mass is 16.2. The van der Waals surface area contributed by atoms with Crippen molar-refractivity contribution in [2.24, 2.45) is 0 Å². The number of hydrogen-bond donors (Lipinski definition) is 2. The summed E-state index contributed by atoms with van der Waals surface area (Å²) >= 11 is 0. The molecule has 0 saturated heterocycles. The lowest BCUT2D eigenvalue weighted by atomic mass is 9.98. The molecule has 0 bridgehead atoms. The van der Waals surface area contributed by atoms with E-state index in [1.165, 1.54) is 5.56 Å². The van der Waals surface area contributed by atoms with Crippen molar-refractivity contribution in [1.82, 2.24) is 20.1 Å². The lowest BCUT2D eigenvalue weighted by molar-refractivity contribution is -0.412. The molecule has 1 aromatic carbocycles. The van der Waals surface area contributed by atoms with Crippen LogP contribution in [0.1, 0.15) is 22.7 Å². The van der Waals surface area contributed by atoms with Crippen molar-refractivity contribution >= 4 is 16.9 Å². The summed E-state index contributed by atoms with van der Waals surface area (Å²) in [5.74, 6) is 0.0640. The number of nitrogens with zero attached hydrogens (tertiary/aromatic N) is 3. The number of rotatable bonds is 2. The molecule has 2 aromatic heterocycles. The Hall–Kier alpha value is -2.73. The van der Waals surface area contributed by atoms with Crippen LogP contribution in [0.4, 0.5) is 0 Å². The average molecular weight is 308 g/mol. The maximum absolute atomic E-state index is 12.7. The molecule has 4 rings (SSSR count). The summed E-state index contributed by atoms with van der Waals surface area (Å²) in [5.41, 5.74) is 8.16. The molecule has 23 heavy (non-hydrogen) atoms. The van der Waals surface area contributed by atoms with Gasteiger partial charge in [-0.15, -0.1) is 0 Å². The van der Waals surface area contributed by atoms with Gasteiger partial charge in [0.1, 0.15) is 0 Å². The molecule has 116 valence electrons. The molecule has 1 aliphatic rings. The monoisotopic (exact) mass is 308 g/mol. The first kappa shape index (κ1) is 13.9. The molecule has 0 saturated carbocycles. The lowest BCUT2D eigenvalue weighted by Gasteiger charge is -2.29. The summed E-state index contributed by atoms with van der Waals surface area (Å²) in [7, 11) is 0. The van der Waals surface area contributed by atoms with Gasteiger partial charge in [0.2, 0.25) is 0 Å². The Kier molecular flexibility index (Phi) is 3.31. The molecule has 3 heterocycles. The van der Waals surface area contributed by atoms with Gasteiger partial charge >= 0.3 is 0 Å². The molecule has 3 aromatic rings. The summed E-state index contributed by atoms with van der Waals surface area (Å²) in [6.45, 7) is 1.29. The van der Waals surface area contributed by atoms with E-state index in [0.29, 0.717) is 13.1 Å². The van der Waals surface area contributed by atoms with Gasteiger partial charge < -0.3 is 10.6 Å². The molecule has 0 radical (unpaired) electrons. The second-order valence-electron chi connectivity index (χ2n) is 5.87.